The maximum absolute atomic E-state index is 4.08. The van der Waals surface area contributed by atoms with E-state index in [-0.39, 0.29) is 0 Å². The highest BCUT2D eigenvalue weighted by molar-refractivity contribution is 8.01. The third-order valence-corrected chi connectivity index (χ3v) is 3.74. The van der Waals surface area contributed by atoms with E-state index in [0.717, 1.165) is 21.0 Å². The summed E-state index contributed by atoms with van der Waals surface area (Å²) in [6, 6.07) is 0. The van der Waals surface area contributed by atoms with Gasteiger partial charge in [-0.25, -0.2) is 0 Å². The van der Waals surface area contributed by atoms with Gasteiger partial charge in [0.05, 0.1) is 0 Å². The zero-order valence-electron chi connectivity index (χ0n) is 8.17. The second-order valence-electron chi connectivity index (χ2n) is 2.71. The van der Waals surface area contributed by atoms with Crippen LogP contribution >= 0.6 is 35.7 Å². The highest BCUT2D eigenvalue weighted by Gasteiger charge is 2.04. The fourth-order valence-electron chi connectivity index (χ4n) is 0.704. The molecule has 0 bridgehead atoms. The number of thiol groups is 1. The first-order chi connectivity index (χ1) is 6.74. The van der Waals surface area contributed by atoms with Crippen molar-refractivity contribution in [1.29, 1.82) is 0 Å². The van der Waals surface area contributed by atoms with Crippen molar-refractivity contribution in [1.82, 2.24) is 10.2 Å². The van der Waals surface area contributed by atoms with Gasteiger partial charge in [-0.1, -0.05) is 35.3 Å². The van der Waals surface area contributed by atoms with E-state index in [1.807, 2.05) is 25.1 Å². The van der Waals surface area contributed by atoms with Crippen molar-refractivity contribution in [3.8, 4) is 0 Å². The van der Waals surface area contributed by atoms with Gasteiger partial charge < -0.3 is 4.90 Å². The van der Waals surface area contributed by atoms with Crippen LogP contribution in [0, 0.1) is 0 Å². The minimum atomic E-state index is 0.791. The smallest absolute Gasteiger partial charge is 0.208 e. The lowest BCUT2D eigenvalue weighted by molar-refractivity contribution is 0.973. The molecular weight excluding hydrogens is 234 g/mol. The SMILES string of the molecule is CN(C)c1nnc(SCC=CCS)s1. The third kappa shape index (κ3) is 3.89. The number of nitrogens with zero attached hydrogens (tertiary/aromatic N) is 3. The number of anilines is 1. The van der Waals surface area contributed by atoms with Crippen LogP contribution in [0.5, 0.6) is 0 Å². The summed E-state index contributed by atoms with van der Waals surface area (Å²) in [7, 11) is 3.94. The van der Waals surface area contributed by atoms with Gasteiger partial charge in [0.1, 0.15) is 0 Å². The average molecular weight is 247 g/mol. The molecule has 0 aliphatic rings. The van der Waals surface area contributed by atoms with Crippen molar-refractivity contribution in [2.75, 3.05) is 30.5 Å². The maximum atomic E-state index is 4.08. The zero-order chi connectivity index (χ0) is 10.4. The quantitative estimate of drug-likeness (QED) is 0.490. The molecule has 0 N–H and O–H groups in total. The largest absolute Gasteiger partial charge is 0.353 e. The molecule has 0 atom stereocenters. The average Bonchev–Trinajstić information content (AvgIpc) is 2.61. The molecule has 1 aromatic heterocycles. The van der Waals surface area contributed by atoms with Gasteiger partial charge in [-0.05, 0) is 0 Å². The van der Waals surface area contributed by atoms with E-state index in [1.54, 1.807) is 23.1 Å². The molecule has 0 spiro atoms. The van der Waals surface area contributed by atoms with Crippen molar-refractivity contribution < 1.29 is 0 Å². The van der Waals surface area contributed by atoms with Gasteiger partial charge in [0, 0.05) is 25.6 Å². The predicted octanol–water partition coefficient (Wildman–Crippen LogP) is 2.18. The van der Waals surface area contributed by atoms with Crippen LogP contribution in [0.15, 0.2) is 16.5 Å². The van der Waals surface area contributed by atoms with E-state index in [4.69, 9.17) is 0 Å². The Hall–Kier alpha value is -0.200. The Bertz CT molecular complexity index is 296. The second-order valence-corrected chi connectivity index (χ2v) is 5.30. The molecule has 0 aliphatic heterocycles. The molecule has 0 fully saturated rings. The van der Waals surface area contributed by atoms with Crippen molar-refractivity contribution >= 4 is 40.9 Å². The van der Waals surface area contributed by atoms with Crippen molar-refractivity contribution in [3.63, 3.8) is 0 Å². The predicted molar refractivity (Wildman–Crippen MR) is 68.0 cm³/mol. The van der Waals surface area contributed by atoms with Gasteiger partial charge in [-0.3, -0.25) is 0 Å². The first kappa shape index (κ1) is 11.9. The second kappa shape index (κ2) is 6.31. The van der Waals surface area contributed by atoms with Gasteiger partial charge in [0.25, 0.3) is 0 Å². The van der Waals surface area contributed by atoms with E-state index in [9.17, 15) is 0 Å². The lowest BCUT2D eigenvalue weighted by Crippen LogP contribution is -2.07. The van der Waals surface area contributed by atoms with E-state index in [0.29, 0.717) is 0 Å². The highest BCUT2D eigenvalue weighted by atomic mass is 32.2. The molecule has 14 heavy (non-hydrogen) atoms. The summed E-state index contributed by atoms with van der Waals surface area (Å²) < 4.78 is 1.01. The maximum Gasteiger partial charge on any atom is 0.208 e. The fraction of sp³-hybridized carbons (Fsp3) is 0.500. The Morgan fingerprint density at radius 2 is 2.21 bits per heavy atom. The minimum absolute atomic E-state index is 0.791. The topological polar surface area (TPSA) is 29.0 Å². The van der Waals surface area contributed by atoms with Crippen LogP contribution in [0.3, 0.4) is 0 Å². The highest BCUT2D eigenvalue weighted by Crippen LogP contribution is 2.26. The lowest BCUT2D eigenvalue weighted by Gasteiger charge is -2.03. The molecular formula is C8H13N3S3. The van der Waals surface area contributed by atoms with E-state index < -0.39 is 0 Å². The Morgan fingerprint density at radius 3 is 2.79 bits per heavy atom. The van der Waals surface area contributed by atoms with Gasteiger partial charge >= 0.3 is 0 Å². The summed E-state index contributed by atoms with van der Waals surface area (Å²) in [5, 5.41) is 9.07. The van der Waals surface area contributed by atoms with Gasteiger partial charge in [0.2, 0.25) is 5.13 Å². The first-order valence-corrected chi connectivity index (χ1v) is 6.57. The van der Waals surface area contributed by atoms with E-state index in [1.165, 1.54) is 0 Å². The summed E-state index contributed by atoms with van der Waals surface area (Å²) in [5.41, 5.74) is 0. The van der Waals surface area contributed by atoms with Crippen LogP contribution in [0.1, 0.15) is 0 Å². The van der Waals surface area contributed by atoms with Gasteiger partial charge in [0.15, 0.2) is 4.34 Å². The zero-order valence-corrected chi connectivity index (χ0v) is 10.7. The van der Waals surface area contributed by atoms with Crippen LogP contribution in [0.25, 0.3) is 0 Å². The van der Waals surface area contributed by atoms with E-state index in [2.05, 4.69) is 28.9 Å². The third-order valence-electron chi connectivity index (χ3n) is 1.35. The molecule has 78 valence electrons. The number of rotatable bonds is 5. The van der Waals surface area contributed by atoms with Crippen molar-refractivity contribution in [2.45, 2.75) is 4.34 Å². The molecule has 0 unspecified atom stereocenters. The summed E-state index contributed by atoms with van der Waals surface area (Å²) in [5.74, 6) is 1.72. The van der Waals surface area contributed by atoms with Crippen LogP contribution in [0.2, 0.25) is 0 Å². The molecule has 0 radical (unpaired) electrons. The molecule has 0 amide bonds. The standard InChI is InChI=1S/C8H13N3S3/c1-11(2)7-9-10-8(14-7)13-6-4-3-5-12/h3-4,12H,5-6H2,1-2H3. The van der Waals surface area contributed by atoms with Crippen molar-refractivity contribution in [2.24, 2.45) is 0 Å². The van der Waals surface area contributed by atoms with Crippen molar-refractivity contribution in [3.05, 3.63) is 12.2 Å². The monoisotopic (exact) mass is 247 g/mol. The molecule has 0 aromatic carbocycles. The van der Waals surface area contributed by atoms with Crippen LogP contribution in [-0.4, -0.2) is 35.8 Å². The molecule has 0 aliphatic carbocycles. The Labute approximate surface area is 98.0 Å². The molecule has 6 heteroatoms. The van der Waals surface area contributed by atoms with Crippen LogP contribution < -0.4 is 4.90 Å². The summed E-state index contributed by atoms with van der Waals surface area (Å²) >= 11 is 7.39. The van der Waals surface area contributed by atoms with E-state index >= 15 is 0 Å². The summed E-state index contributed by atoms with van der Waals surface area (Å²) in [6.45, 7) is 0. The molecule has 3 nitrogen and oxygen atoms in total. The molecule has 1 aromatic rings. The summed E-state index contributed by atoms with van der Waals surface area (Å²) in [6.07, 6.45) is 4.12. The van der Waals surface area contributed by atoms with Crippen LogP contribution in [-0.2, 0) is 0 Å². The Kier molecular flexibility index (Phi) is 5.36. The minimum Gasteiger partial charge on any atom is -0.353 e. The molecule has 0 saturated carbocycles. The molecule has 1 heterocycles. The Balaban J connectivity index is 2.40. The number of aromatic nitrogens is 2. The molecule has 0 saturated heterocycles. The lowest BCUT2D eigenvalue weighted by atomic mass is 10.6. The number of hydrogen-bond donors (Lipinski definition) is 1. The van der Waals surface area contributed by atoms with Gasteiger partial charge in [-0.15, -0.1) is 10.2 Å². The normalized spacial score (nSPS) is 11.1. The van der Waals surface area contributed by atoms with Gasteiger partial charge in [-0.2, -0.15) is 12.6 Å². The van der Waals surface area contributed by atoms with Crippen LogP contribution in [0.4, 0.5) is 5.13 Å². The molecule has 1 rings (SSSR count). The summed E-state index contributed by atoms with van der Waals surface area (Å²) in [4.78, 5) is 1.96. The Morgan fingerprint density at radius 1 is 1.43 bits per heavy atom. The first-order valence-electron chi connectivity index (χ1n) is 4.13. The number of thioether (sulfide) groups is 1. The fourth-order valence-corrected chi connectivity index (χ4v) is 2.49. The number of hydrogen-bond acceptors (Lipinski definition) is 6.